The molecule has 2 heterocycles. The number of likely N-dealkylation sites (tertiary alicyclic amines) is 1. The molecule has 0 bridgehead atoms. The molecule has 1 amide bonds. The Morgan fingerprint density at radius 2 is 2.04 bits per heavy atom. The molecule has 0 unspecified atom stereocenters. The van der Waals surface area contributed by atoms with Crippen molar-refractivity contribution in [2.75, 3.05) is 6.54 Å². The number of hydrogen-bond donors (Lipinski definition) is 0. The summed E-state index contributed by atoms with van der Waals surface area (Å²) >= 11 is 0. The van der Waals surface area contributed by atoms with Crippen LogP contribution in [0, 0.1) is 0 Å². The molecule has 3 rings (SSSR count). The second-order valence-corrected chi connectivity index (χ2v) is 6.76. The first-order valence-corrected chi connectivity index (χ1v) is 7.95. The van der Waals surface area contributed by atoms with Crippen LogP contribution in [0.2, 0.25) is 0 Å². The van der Waals surface area contributed by atoms with Crippen molar-refractivity contribution in [1.82, 2.24) is 9.88 Å². The Labute approximate surface area is 136 Å². The molecule has 0 radical (unpaired) electrons. The molecule has 5 nitrogen and oxygen atoms in total. The molecule has 0 N–H and O–H groups in total. The number of oxazole rings is 1. The van der Waals surface area contributed by atoms with E-state index in [9.17, 15) is 4.79 Å². The Bertz CT molecular complexity index is 673. The van der Waals surface area contributed by atoms with Crippen molar-refractivity contribution in [3.05, 3.63) is 42.4 Å². The van der Waals surface area contributed by atoms with Crippen molar-refractivity contribution >= 4 is 6.09 Å². The highest BCUT2D eigenvalue weighted by molar-refractivity contribution is 5.69. The summed E-state index contributed by atoms with van der Waals surface area (Å²) in [6.07, 6.45) is 3.18. The number of carbonyl (C=O) groups is 1. The average molecular weight is 314 g/mol. The van der Waals surface area contributed by atoms with Gasteiger partial charge in [0.1, 0.15) is 11.6 Å². The van der Waals surface area contributed by atoms with E-state index in [0.717, 1.165) is 24.2 Å². The third-order valence-electron chi connectivity index (χ3n) is 3.75. The predicted molar refractivity (Wildman–Crippen MR) is 86.9 cm³/mol. The lowest BCUT2D eigenvalue weighted by atomic mass is 10.2. The smallest absolute Gasteiger partial charge is 0.410 e. The molecule has 0 saturated carbocycles. The quantitative estimate of drug-likeness (QED) is 0.823. The molecule has 122 valence electrons. The molecule has 0 spiro atoms. The molecule has 1 atom stereocenters. The van der Waals surface area contributed by atoms with Crippen LogP contribution in [0.3, 0.4) is 0 Å². The molecule has 2 aromatic rings. The van der Waals surface area contributed by atoms with Crippen LogP contribution in [-0.2, 0) is 4.74 Å². The molecule has 1 aromatic carbocycles. The Balaban J connectivity index is 1.78. The SMILES string of the molecule is CC(C)(C)OC(=O)N1CCC[C@H]1c1ncc(-c2ccccc2)o1. The van der Waals surface area contributed by atoms with Crippen molar-refractivity contribution in [1.29, 1.82) is 0 Å². The van der Waals surface area contributed by atoms with Crippen LogP contribution >= 0.6 is 0 Å². The van der Waals surface area contributed by atoms with Crippen LogP contribution in [0.15, 0.2) is 40.9 Å². The van der Waals surface area contributed by atoms with Gasteiger partial charge in [-0.15, -0.1) is 0 Å². The number of nitrogens with zero attached hydrogens (tertiary/aromatic N) is 2. The minimum absolute atomic E-state index is 0.151. The molecule has 1 aliphatic rings. The molecule has 0 aliphatic carbocycles. The number of aromatic nitrogens is 1. The van der Waals surface area contributed by atoms with Gasteiger partial charge < -0.3 is 9.15 Å². The normalized spacial score (nSPS) is 18.2. The van der Waals surface area contributed by atoms with Crippen molar-refractivity contribution in [3.8, 4) is 11.3 Å². The monoisotopic (exact) mass is 314 g/mol. The summed E-state index contributed by atoms with van der Waals surface area (Å²) in [6, 6.07) is 9.68. The van der Waals surface area contributed by atoms with E-state index in [1.807, 2.05) is 51.1 Å². The van der Waals surface area contributed by atoms with Gasteiger partial charge in [-0.1, -0.05) is 30.3 Å². The molecule has 1 aliphatic heterocycles. The first-order chi connectivity index (χ1) is 10.9. The zero-order valence-corrected chi connectivity index (χ0v) is 13.8. The first-order valence-electron chi connectivity index (χ1n) is 7.95. The predicted octanol–water partition coefficient (Wildman–Crippen LogP) is 4.41. The van der Waals surface area contributed by atoms with Crippen LogP contribution in [-0.4, -0.2) is 28.1 Å². The summed E-state index contributed by atoms with van der Waals surface area (Å²) in [5.74, 6) is 1.30. The summed E-state index contributed by atoms with van der Waals surface area (Å²) in [6.45, 7) is 6.28. The van der Waals surface area contributed by atoms with E-state index in [0.29, 0.717) is 12.4 Å². The zero-order chi connectivity index (χ0) is 16.4. The lowest BCUT2D eigenvalue weighted by molar-refractivity contribution is 0.0204. The van der Waals surface area contributed by atoms with Gasteiger partial charge in [0.05, 0.1) is 6.20 Å². The van der Waals surface area contributed by atoms with Gasteiger partial charge in [-0.05, 0) is 33.6 Å². The molecule has 5 heteroatoms. The van der Waals surface area contributed by atoms with Crippen molar-refractivity contribution in [2.45, 2.75) is 45.3 Å². The number of rotatable bonds is 2. The molecule has 1 fully saturated rings. The zero-order valence-electron chi connectivity index (χ0n) is 13.8. The summed E-state index contributed by atoms with van der Waals surface area (Å²) in [7, 11) is 0. The highest BCUT2D eigenvalue weighted by Gasteiger charge is 2.35. The minimum atomic E-state index is -0.504. The summed E-state index contributed by atoms with van der Waals surface area (Å²) in [5.41, 5.74) is 0.476. The second-order valence-electron chi connectivity index (χ2n) is 6.76. The van der Waals surface area contributed by atoms with Gasteiger partial charge in [-0.25, -0.2) is 9.78 Å². The molecular formula is C18H22N2O3. The maximum atomic E-state index is 12.4. The van der Waals surface area contributed by atoms with Gasteiger partial charge >= 0.3 is 6.09 Å². The lowest BCUT2D eigenvalue weighted by Gasteiger charge is -2.27. The van der Waals surface area contributed by atoms with E-state index in [1.54, 1.807) is 11.1 Å². The van der Waals surface area contributed by atoms with Gasteiger partial charge in [-0.3, -0.25) is 4.90 Å². The fourth-order valence-corrected chi connectivity index (χ4v) is 2.74. The van der Waals surface area contributed by atoms with Crippen molar-refractivity contribution in [2.24, 2.45) is 0 Å². The molecule has 1 aromatic heterocycles. The van der Waals surface area contributed by atoms with E-state index in [4.69, 9.17) is 9.15 Å². The van der Waals surface area contributed by atoms with Gasteiger partial charge in [0.15, 0.2) is 5.76 Å². The molecule has 1 saturated heterocycles. The fraction of sp³-hybridized carbons (Fsp3) is 0.444. The van der Waals surface area contributed by atoms with Gasteiger partial charge in [0.2, 0.25) is 5.89 Å². The van der Waals surface area contributed by atoms with E-state index in [-0.39, 0.29) is 12.1 Å². The van der Waals surface area contributed by atoms with E-state index in [2.05, 4.69) is 4.98 Å². The number of hydrogen-bond acceptors (Lipinski definition) is 4. The number of benzene rings is 1. The largest absolute Gasteiger partial charge is 0.444 e. The Hall–Kier alpha value is -2.30. The number of ether oxygens (including phenoxy) is 1. The van der Waals surface area contributed by atoms with Gasteiger partial charge in [0, 0.05) is 12.1 Å². The highest BCUT2D eigenvalue weighted by atomic mass is 16.6. The minimum Gasteiger partial charge on any atom is -0.444 e. The van der Waals surface area contributed by atoms with Crippen LogP contribution in [0.25, 0.3) is 11.3 Å². The summed E-state index contributed by atoms with van der Waals surface area (Å²) in [4.78, 5) is 18.5. The van der Waals surface area contributed by atoms with Gasteiger partial charge in [0.25, 0.3) is 0 Å². The maximum absolute atomic E-state index is 12.4. The third kappa shape index (κ3) is 3.55. The van der Waals surface area contributed by atoms with Crippen molar-refractivity contribution in [3.63, 3.8) is 0 Å². The van der Waals surface area contributed by atoms with Crippen LogP contribution in [0.1, 0.15) is 45.5 Å². The van der Waals surface area contributed by atoms with Gasteiger partial charge in [-0.2, -0.15) is 0 Å². The molecule has 23 heavy (non-hydrogen) atoms. The molecular weight excluding hydrogens is 292 g/mol. The van der Waals surface area contributed by atoms with E-state index >= 15 is 0 Å². The highest BCUT2D eigenvalue weighted by Crippen LogP contribution is 2.34. The topological polar surface area (TPSA) is 55.6 Å². The standard InChI is InChI=1S/C18H22N2O3/c1-18(2,3)23-17(21)20-11-7-10-14(20)16-19-12-15(22-16)13-8-5-4-6-9-13/h4-6,8-9,12,14H,7,10-11H2,1-3H3/t14-/m0/s1. The maximum Gasteiger partial charge on any atom is 0.410 e. The van der Waals surface area contributed by atoms with Crippen molar-refractivity contribution < 1.29 is 13.9 Å². The van der Waals surface area contributed by atoms with Crippen LogP contribution in [0.5, 0.6) is 0 Å². The summed E-state index contributed by atoms with van der Waals surface area (Å²) in [5, 5.41) is 0. The Morgan fingerprint density at radius 1 is 1.30 bits per heavy atom. The number of amides is 1. The van der Waals surface area contributed by atoms with E-state index in [1.165, 1.54) is 0 Å². The van der Waals surface area contributed by atoms with Crippen LogP contribution < -0.4 is 0 Å². The third-order valence-corrected chi connectivity index (χ3v) is 3.75. The Morgan fingerprint density at radius 3 is 2.74 bits per heavy atom. The first kappa shape index (κ1) is 15.6. The average Bonchev–Trinajstić information content (AvgIpc) is 3.15. The number of carbonyl (C=O) groups excluding carboxylic acids is 1. The Kier molecular flexibility index (Phi) is 4.11. The second kappa shape index (κ2) is 6.07. The van der Waals surface area contributed by atoms with Crippen LogP contribution in [0.4, 0.5) is 4.79 Å². The van der Waals surface area contributed by atoms with E-state index < -0.39 is 5.60 Å². The lowest BCUT2D eigenvalue weighted by Crippen LogP contribution is -2.36. The summed E-state index contributed by atoms with van der Waals surface area (Å²) < 4.78 is 11.4. The fourth-order valence-electron chi connectivity index (χ4n) is 2.74.